The molecule has 1 aromatic heterocycles. The zero-order valence-corrected chi connectivity index (χ0v) is 18.0. The number of ketones is 1. The maximum atomic E-state index is 13.6. The van der Waals surface area contributed by atoms with Crippen LogP contribution in [-0.4, -0.2) is 42.9 Å². The molecule has 2 heterocycles. The van der Waals surface area contributed by atoms with Crippen LogP contribution < -0.4 is 9.47 Å². The number of thiophene rings is 1. The molecule has 1 unspecified atom stereocenters. The molecule has 0 bridgehead atoms. The van der Waals surface area contributed by atoms with E-state index in [0.29, 0.717) is 17.1 Å². The smallest absolute Gasteiger partial charge is 0.432 e. The number of alkyl halides is 3. The average Bonchev–Trinajstić information content (AvgIpc) is 3.35. The molecule has 3 rings (SSSR count). The van der Waals surface area contributed by atoms with Gasteiger partial charge in [0.1, 0.15) is 0 Å². The Hall–Kier alpha value is -2.75. The number of carbonyl (C=O) groups excluding carboxylic acids is 2. The van der Waals surface area contributed by atoms with Gasteiger partial charge in [-0.1, -0.05) is 26.0 Å². The van der Waals surface area contributed by atoms with Crippen molar-refractivity contribution in [1.82, 2.24) is 4.90 Å². The van der Waals surface area contributed by atoms with Gasteiger partial charge >= 0.3 is 12.3 Å². The summed E-state index contributed by atoms with van der Waals surface area (Å²) in [6.07, 6.45) is -9.02. The molecule has 168 valence electrons. The molecular formula is C21H22F3NO5S. The molecule has 31 heavy (non-hydrogen) atoms. The highest BCUT2D eigenvalue weighted by molar-refractivity contribution is 7.09. The minimum absolute atomic E-state index is 0.0349. The summed E-state index contributed by atoms with van der Waals surface area (Å²) in [7, 11) is 1.29. The lowest BCUT2D eigenvalue weighted by Crippen LogP contribution is -2.48. The highest BCUT2D eigenvalue weighted by Gasteiger charge is 2.52. The first-order valence-corrected chi connectivity index (χ1v) is 10.3. The van der Waals surface area contributed by atoms with Gasteiger partial charge in [0, 0.05) is 23.9 Å². The first-order valence-electron chi connectivity index (χ1n) is 9.41. The second-order valence-electron chi connectivity index (χ2n) is 7.85. The second-order valence-corrected chi connectivity index (χ2v) is 8.89. The van der Waals surface area contributed by atoms with E-state index in [1.54, 1.807) is 35.7 Å². The molecule has 6 nitrogen and oxygen atoms in total. The number of hydrogen-bond acceptors (Lipinski definition) is 6. The zero-order chi connectivity index (χ0) is 22.8. The first-order chi connectivity index (χ1) is 14.5. The van der Waals surface area contributed by atoms with Crippen LogP contribution in [0.1, 0.15) is 24.3 Å². The van der Waals surface area contributed by atoms with E-state index in [1.165, 1.54) is 32.2 Å². The van der Waals surface area contributed by atoms with Crippen LogP contribution in [0.25, 0.3) is 0 Å². The number of fused-ring (bicyclic) bond motifs is 1. The van der Waals surface area contributed by atoms with Crippen LogP contribution in [-0.2, 0) is 22.5 Å². The summed E-state index contributed by atoms with van der Waals surface area (Å²) in [5, 5.41) is 1.78. The topological polar surface area (TPSA) is 65.1 Å². The SMILES string of the molecule is CN(Cc1ccc2c(c1)OCO2)C(=O)OC(C(=O)C(C)(C)Cc1cccs1)C(F)(F)F. The van der Waals surface area contributed by atoms with Crippen molar-refractivity contribution in [2.24, 2.45) is 5.41 Å². The summed E-state index contributed by atoms with van der Waals surface area (Å²) < 4.78 is 56.0. The molecule has 2 aromatic rings. The van der Waals surface area contributed by atoms with E-state index in [0.717, 1.165) is 9.78 Å². The normalized spacial score (nSPS) is 14.3. The maximum absolute atomic E-state index is 13.6. The largest absolute Gasteiger partial charge is 0.454 e. The average molecular weight is 457 g/mol. The van der Waals surface area contributed by atoms with Gasteiger partial charge in [0.2, 0.25) is 6.79 Å². The number of nitrogens with zero attached hydrogens (tertiary/aromatic N) is 1. The summed E-state index contributed by atoms with van der Waals surface area (Å²) in [5.74, 6) is -0.166. The number of benzene rings is 1. The van der Waals surface area contributed by atoms with Crippen LogP contribution >= 0.6 is 11.3 Å². The molecule has 0 aliphatic carbocycles. The number of hydrogen-bond donors (Lipinski definition) is 0. The standard InChI is InChI=1S/C21H22F3NO5S/c1-20(2,10-14-5-4-8-31-14)17(26)18(21(22,23)24)30-19(27)25(3)11-13-6-7-15-16(9-13)29-12-28-15/h4-9,18H,10-12H2,1-3H3. The Bertz CT molecular complexity index is 943. The van der Waals surface area contributed by atoms with E-state index < -0.39 is 29.6 Å². The first kappa shape index (κ1) is 22.9. The number of ether oxygens (including phenoxy) is 3. The van der Waals surface area contributed by atoms with Crippen LogP contribution in [0, 0.1) is 5.41 Å². The number of amides is 1. The van der Waals surface area contributed by atoms with Crippen LogP contribution in [0.2, 0.25) is 0 Å². The lowest BCUT2D eigenvalue weighted by Gasteiger charge is -2.30. The Morgan fingerprint density at radius 2 is 1.90 bits per heavy atom. The Kier molecular flexibility index (Phi) is 6.49. The van der Waals surface area contributed by atoms with E-state index in [-0.39, 0.29) is 19.8 Å². The van der Waals surface area contributed by atoms with Crippen molar-refractivity contribution >= 4 is 23.2 Å². The summed E-state index contributed by atoms with van der Waals surface area (Å²) in [6.45, 7) is 2.87. The van der Waals surface area contributed by atoms with Gasteiger partial charge in [0.15, 0.2) is 17.3 Å². The fourth-order valence-electron chi connectivity index (χ4n) is 3.13. The van der Waals surface area contributed by atoms with E-state index in [2.05, 4.69) is 4.74 Å². The van der Waals surface area contributed by atoms with Gasteiger partial charge in [0.25, 0.3) is 6.10 Å². The maximum Gasteiger partial charge on any atom is 0.432 e. The van der Waals surface area contributed by atoms with Gasteiger partial charge in [-0.25, -0.2) is 4.79 Å². The Morgan fingerprint density at radius 1 is 1.19 bits per heavy atom. The minimum Gasteiger partial charge on any atom is -0.454 e. The van der Waals surface area contributed by atoms with Gasteiger partial charge in [-0.05, 0) is 35.6 Å². The van der Waals surface area contributed by atoms with Crippen molar-refractivity contribution in [3.8, 4) is 11.5 Å². The van der Waals surface area contributed by atoms with Crippen LogP contribution in [0.3, 0.4) is 0 Å². The fraction of sp³-hybridized carbons (Fsp3) is 0.429. The number of halogens is 3. The van der Waals surface area contributed by atoms with Crippen molar-refractivity contribution in [3.63, 3.8) is 0 Å². The van der Waals surface area contributed by atoms with E-state index in [1.807, 2.05) is 0 Å². The third kappa shape index (κ3) is 5.49. The van der Waals surface area contributed by atoms with Crippen LogP contribution in [0.15, 0.2) is 35.7 Å². The van der Waals surface area contributed by atoms with Gasteiger partial charge in [-0.15, -0.1) is 11.3 Å². The molecule has 10 heteroatoms. The molecule has 0 spiro atoms. The highest BCUT2D eigenvalue weighted by atomic mass is 32.1. The van der Waals surface area contributed by atoms with Gasteiger partial charge in [0.05, 0.1) is 0 Å². The quantitative estimate of drug-likeness (QED) is 0.597. The van der Waals surface area contributed by atoms with Crippen molar-refractivity contribution in [3.05, 3.63) is 46.2 Å². The zero-order valence-electron chi connectivity index (χ0n) is 17.2. The molecule has 0 saturated carbocycles. The van der Waals surface area contributed by atoms with Gasteiger partial charge in [-0.2, -0.15) is 13.2 Å². The van der Waals surface area contributed by atoms with Gasteiger partial charge in [-0.3, -0.25) is 4.79 Å². The van der Waals surface area contributed by atoms with Crippen molar-refractivity contribution < 1.29 is 37.0 Å². The molecular weight excluding hydrogens is 435 g/mol. The van der Waals surface area contributed by atoms with Crippen molar-refractivity contribution in [2.75, 3.05) is 13.8 Å². The molecule has 0 radical (unpaired) electrons. The van der Waals surface area contributed by atoms with Crippen molar-refractivity contribution in [1.29, 1.82) is 0 Å². The predicted octanol–water partition coefficient (Wildman–Crippen LogP) is 4.81. The van der Waals surface area contributed by atoms with E-state index >= 15 is 0 Å². The lowest BCUT2D eigenvalue weighted by molar-refractivity contribution is -0.209. The molecule has 0 fully saturated rings. The third-order valence-corrected chi connectivity index (χ3v) is 5.66. The van der Waals surface area contributed by atoms with Crippen molar-refractivity contribution in [2.45, 2.75) is 39.1 Å². The third-order valence-electron chi connectivity index (χ3n) is 4.79. The summed E-state index contributed by atoms with van der Waals surface area (Å²) in [6, 6.07) is 8.43. The van der Waals surface area contributed by atoms with Crippen LogP contribution in [0.5, 0.6) is 11.5 Å². The number of carbonyl (C=O) groups is 2. The molecule has 1 aliphatic rings. The van der Waals surface area contributed by atoms with Crippen LogP contribution in [0.4, 0.5) is 18.0 Å². The summed E-state index contributed by atoms with van der Waals surface area (Å²) >= 11 is 1.35. The minimum atomic E-state index is -5.03. The molecule has 1 aromatic carbocycles. The molecule has 1 amide bonds. The van der Waals surface area contributed by atoms with Gasteiger partial charge < -0.3 is 19.1 Å². The number of rotatable bonds is 7. The van der Waals surface area contributed by atoms with E-state index in [4.69, 9.17) is 9.47 Å². The fourth-order valence-corrected chi connectivity index (χ4v) is 4.06. The summed E-state index contributed by atoms with van der Waals surface area (Å²) in [5.41, 5.74) is -0.766. The molecule has 1 aliphatic heterocycles. The highest BCUT2D eigenvalue weighted by Crippen LogP contribution is 2.35. The second kappa shape index (κ2) is 8.78. The Labute approximate surface area is 181 Å². The summed E-state index contributed by atoms with van der Waals surface area (Å²) in [4.78, 5) is 26.9. The molecule has 0 N–H and O–H groups in total. The lowest BCUT2D eigenvalue weighted by atomic mass is 9.81. The number of Topliss-reactive ketones (excluding diaryl/α,β-unsaturated/α-hetero) is 1. The molecule has 1 atom stereocenters. The Balaban J connectivity index is 1.69. The molecule has 0 saturated heterocycles. The predicted molar refractivity (Wildman–Crippen MR) is 107 cm³/mol. The Morgan fingerprint density at radius 3 is 2.55 bits per heavy atom. The monoisotopic (exact) mass is 457 g/mol. The van der Waals surface area contributed by atoms with E-state index in [9.17, 15) is 22.8 Å².